The molecule has 1 aromatic heterocycles. The van der Waals surface area contributed by atoms with Gasteiger partial charge in [-0.1, -0.05) is 0 Å². The number of carbonyl (C=O) groups is 2. The zero-order valence-electron chi connectivity index (χ0n) is 12.6. The second-order valence-corrected chi connectivity index (χ2v) is 5.95. The lowest BCUT2D eigenvalue weighted by molar-refractivity contribution is -0.126. The highest BCUT2D eigenvalue weighted by atomic mass is 16.5. The lowest BCUT2D eigenvalue weighted by Crippen LogP contribution is -2.46. The molecule has 2 fully saturated rings. The van der Waals surface area contributed by atoms with Gasteiger partial charge in [-0.2, -0.15) is 0 Å². The van der Waals surface area contributed by atoms with E-state index in [1.54, 1.807) is 17.0 Å². The molecule has 3 rings (SSSR count). The molecule has 1 aromatic rings. The number of piperidine rings is 1. The smallest absolute Gasteiger partial charge is 0.289 e. The van der Waals surface area contributed by atoms with Gasteiger partial charge in [0.2, 0.25) is 5.91 Å². The van der Waals surface area contributed by atoms with Crippen LogP contribution in [0.2, 0.25) is 0 Å². The summed E-state index contributed by atoms with van der Waals surface area (Å²) >= 11 is 0. The van der Waals surface area contributed by atoms with Gasteiger partial charge in [-0.05, 0) is 37.8 Å². The van der Waals surface area contributed by atoms with Crippen LogP contribution in [0.4, 0.5) is 0 Å². The van der Waals surface area contributed by atoms with Crippen molar-refractivity contribution in [2.24, 2.45) is 5.92 Å². The van der Waals surface area contributed by atoms with E-state index in [0.717, 1.165) is 32.3 Å². The largest absolute Gasteiger partial charge is 0.459 e. The summed E-state index contributed by atoms with van der Waals surface area (Å²) in [4.78, 5) is 26.3. The Labute approximate surface area is 129 Å². The average Bonchev–Trinajstić information content (AvgIpc) is 3.25. The highest BCUT2D eigenvalue weighted by molar-refractivity contribution is 5.92. The van der Waals surface area contributed by atoms with Crippen molar-refractivity contribution >= 4 is 11.8 Å². The van der Waals surface area contributed by atoms with Gasteiger partial charge in [-0.25, -0.2) is 0 Å². The molecule has 1 N–H and O–H groups in total. The topological polar surface area (TPSA) is 71.8 Å². The molecule has 0 saturated carbocycles. The van der Waals surface area contributed by atoms with Crippen molar-refractivity contribution in [3.05, 3.63) is 24.2 Å². The van der Waals surface area contributed by atoms with E-state index in [1.807, 2.05) is 0 Å². The summed E-state index contributed by atoms with van der Waals surface area (Å²) in [6, 6.07) is 3.35. The number of likely N-dealkylation sites (tertiary alicyclic amines) is 1. The Bertz CT molecular complexity index is 508. The summed E-state index contributed by atoms with van der Waals surface area (Å²) in [7, 11) is 0. The highest BCUT2D eigenvalue weighted by Crippen LogP contribution is 2.19. The maximum atomic E-state index is 12.3. The van der Waals surface area contributed by atoms with Crippen LogP contribution in [0.5, 0.6) is 0 Å². The molecule has 120 valence electrons. The van der Waals surface area contributed by atoms with Crippen LogP contribution in [-0.2, 0) is 9.53 Å². The summed E-state index contributed by atoms with van der Waals surface area (Å²) in [5.74, 6) is 0.0727. The molecule has 0 radical (unpaired) electrons. The molecule has 0 unspecified atom stereocenters. The van der Waals surface area contributed by atoms with Crippen LogP contribution in [0.3, 0.4) is 0 Å². The Morgan fingerprint density at radius 3 is 2.95 bits per heavy atom. The molecule has 6 nitrogen and oxygen atoms in total. The van der Waals surface area contributed by atoms with Crippen molar-refractivity contribution in [1.82, 2.24) is 10.2 Å². The van der Waals surface area contributed by atoms with E-state index in [4.69, 9.17) is 9.15 Å². The number of rotatable bonds is 4. The van der Waals surface area contributed by atoms with Crippen molar-refractivity contribution in [2.45, 2.75) is 31.8 Å². The number of ether oxygens (including phenoxy) is 1. The molecule has 2 amide bonds. The van der Waals surface area contributed by atoms with Crippen LogP contribution in [0.1, 0.15) is 36.2 Å². The van der Waals surface area contributed by atoms with Crippen molar-refractivity contribution in [3.63, 3.8) is 0 Å². The summed E-state index contributed by atoms with van der Waals surface area (Å²) < 4.78 is 10.7. The molecular weight excluding hydrogens is 284 g/mol. The first kappa shape index (κ1) is 15.1. The van der Waals surface area contributed by atoms with Gasteiger partial charge in [0, 0.05) is 26.2 Å². The molecule has 2 atom stereocenters. The fraction of sp³-hybridized carbons (Fsp3) is 0.625. The highest BCUT2D eigenvalue weighted by Gasteiger charge is 2.30. The van der Waals surface area contributed by atoms with E-state index >= 15 is 0 Å². The fourth-order valence-corrected chi connectivity index (χ4v) is 3.10. The first-order valence-corrected chi connectivity index (χ1v) is 7.96. The minimum atomic E-state index is -0.144. The molecular formula is C16H22N2O4. The summed E-state index contributed by atoms with van der Waals surface area (Å²) in [5.41, 5.74) is 0. The van der Waals surface area contributed by atoms with Gasteiger partial charge in [0.1, 0.15) is 0 Å². The van der Waals surface area contributed by atoms with Gasteiger partial charge < -0.3 is 19.4 Å². The molecule has 2 aliphatic heterocycles. The predicted molar refractivity (Wildman–Crippen MR) is 79.3 cm³/mol. The minimum absolute atomic E-state index is 0.0208. The first-order chi connectivity index (χ1) is 10.7. The number of amides is 2. The van der Waals surface area contributed by atoms with Crippen LogP contribution in [0.25, 0.3) is 0 Å². The molecule has 0 spiro atoms. The average molecular weight is 306 g/mol. The lowest BCUT2D eigenvalue weighted by atomic mass is 9.97. The van der Waals surface area contributed by atoms with E-state index in [0.29, 0.717) is 25.4 Å². The number of nitrogens with one attached hydrogen (secondary N) is 1. The van der Waals surface area contributed by atoms with E-state index < -0.39 is 0 Å². The number of carbonyl (C=O) groups excluding carboxylic acids is 2. The first-order valence-electron chi connectivity index (χ1n) is 7.96. The zero-order chi connectivity index (χ0) is 15.4. The molecule has 0 bridgehead atoms. The Morgan fingerprint density at radius 2 is 2.23 bits per heavy atom. The maximum absolute atomic E-state index is 12.3. The van der Waals surface area contributed by atoms with Crippen molar-refractivity contribution in [1.29, 1.82) is 0 Å². The number of hydrogen-bond acceptors (Lipinski definition) is 4. The number of nitrogens with zero attached hydrogens (tertiary/aromatic N) is 1. The standard InChI is InChI=1S/C16H22N2O4/c19-15(17-10-13-5-2-8-21-13)12-4-1-7-18(11-12)16(20)14-6-3-9-22-14/h3,6,9,12-13H,1-2,4-5,7-8,10-11H2,(H,17,19)/t12-,13-/m1/s1. The Morgan fingerprint density at radius 1 is 1.32 bits per heavy atom. The molecule has 0 aliphatic carbocycles. The van der Waals surface area contributed by atoms with Crippen molar-refractivity contribution < 1.29 is 18.7 Å². The van der Waals surface area contributed by atoms with E-state index in [1.165, 1.54) is 6.26 Å². The van der Waals surface area contributed by atoms with Gasteiger partial charge in [-0.15, -0.1) is 0 Å². The van der Waals surface area contributed by atoms with Crippen LogP contribution in [-0.4, -0.2) is 49.1 Å². The van der Waals surface area contributed by atoms with Crippen LogP contribution >= 0.6 is 0 Å². The summed E-state index contributed by atoms with van der Waals surface area (Å²) in [6.07, 6.45) is 5.37. The Kier molecular flexibility index (Phi) is 4.77. The van der Waals surface area contributed by atoms with Gasteiger partial charge in [0.05, 0.1) is 18.3 Å². The van der Waals surface area contributed by atoms with Crippen LogP contribution in [0.15, 0.2) is 22.8 Å². The van der Waals surface area contributed by atoms with Crippen LogP contribution in [0, 0.1) is 5.92 Å². The van der Waals surface area contributed by atoms with Gasteiger partial charge >= 0.3 is 0 Å². The molecule has 6 heteroatoms. The van der Waals surface area contributed by atoms with Crippen molar-refractivity contribution in [3.8, 4) is 0 Å². The third kappa shape index (κ3) is 3.50. The lowest BCUT2D eigenvalue weighted by Gasteiger charge is -2.31. The fourth-order valence-electron chi connectivity index (χ4n) is 3.10. The monoisotopic (exact) mass is 306 g/mol. The van der Waals surface area contributed by atoms with E-state index in [9.17, 15) is 9.59 Å². The van der Waals surface area contributed by atoms with Crippen molar-refractivity contribution in [2.75, 3.05) is 26.2 Å². The molecule has 22 heavy (non-hydrogen) atoms. The molecule has 2 aliphatic rings. The van der Waals surface area contributed by atoms with Gasteiger partial charge in [0.15, 0.2) is 5.76 Å². The quantitative estimate of drug-likeness (QED) is 0.913. The number of furan rings is 1. The minimum Gasteiger partial charge on any atom is -0.459 e. The summed E-state index contributed by atoms with van der Waals surface area (Å²) in [5, 5.41) is 2.96. The number of hydrogen-bond donors (Lipinski definition) is 1. The Balaban J connectivity index is 1.51. The second kappa shape index (κ2) is 6.96. The normalized spacial score (nSPS) is 25.2. The Hall–Kier alpha value is -1.82. The van der Waals surface area contributed by atoms with E-state index in [-0.39, 0.29) is 23.8 Å². The van der Waals surface area contributed by atoms with Crippen LogP contribution < -0.4 is 5.32 Å². The zero-order valence-corrected chi connectivity index (χ0v) is 12.6. The maximum Gasteiger partial charge on any atom is 0.289 e. The van der Waals surface area contributed by atoms with E-state index in [2.05, 4.69) is 5.32 Å². The molecule has 3 heterocycles. The molecule has 2 saturated heterocycles. The second-order valence-electron chi connectivity index (χ2n) is 5.95. The SMILES string of the molecule is O=C(NC[C@H]1CCCO1)[C@@H]1CCCN(C(=O)c2ccco2)C1. The third-order valence-corrected chi connectivity index (χ3v) is 4.34. The summed E-state index contributed by atoms with van der Waals surface area (Å²) in [6.45, 7) is 2.49. The van der Waals surface area contributed by atoms with Gasteiger partial charge in [0.25, 0.3) is 5.91 Å². The predicted octanol–water partition coefficient (Wildman–Crippen LogP) is 1.43. The molecule has 0 aromatic carbocycles. The van der Waals surface area contributed by atoms with Gasteiger partial charge in [-0.3, -0.25) is 9.59 Å². The third-order valence-electron chi connectivity index (χ3n) is 4.34.